The van der Waals surface area contributed by atoms with Crippen LogP contribution in [-0.4, -0.2) is 51.5 Å². The van der Waals surface area contributed by atoms with Crippen LogP contribution in [0.4, 0.5) is 10.6 Å². The molecule has 1 spiro atoms. The molecule has 1 aromatic rings. The minimum absolute atomic E-state index is 0.0237. The Hall–Kier alpha value is -2.03. The van der Waals surface area contributed by atoms with E-state index < -0.39 is 11.6 Å². The summed E-state index contributed by atoms with van der Waals surface area (Å²) in [5.74, 6) is 2.08. The van der Waals surface area contributed by atoms with E-state index in [1.54, 1.807) is 24.8 Å². The van der Waals surface area contributed by atoms with Gasteiger partial charge in [0.15, 0.2) is 5.82 Å². The Kier molecular flexibility index (Phi) is 4.29. The molecule has 9 heteroatoms. The monoisotopic (exact) mass is 338 g/mol. The first-order valence-corrected chi connectivity index (χ1v) is 8.61. The van der Waals surface area contributed by atoms with Crippen LogP contribution in [-0.2, 0) is 9.59 Å². The van der Waals surface area contributed by atoms with Gasteiger partial charge < -0.3 is 15.2 Å². The van der Waals surface area contributed by atoms with Crippen LogP contribution in [0.1, 0.15) is 25.0 Å². The van der Waals surface area contributed by atoms with Crippen molar-refractivity contribution in [3.63, 3.8) is 0 Å². The molecule has 2 aliphatic heterocycles. The number of urea groups is 1. The third kappa shape index (κ3) is 3.19. The summed E-state index contributed by atoms with van der Waals surface area (Å²) >= 11 is 1.78. The molecule has 8 nitrogen and oxygen atoms in total. The molecule has 2 N–H and O–H groups in total. The van der Waals surface area contributed by atoms with Gasteiger partial charge in [-0.05, 0) is 31.3 Å². The molecule has 23 heavy (non-hydrogen) atoms. The molecule has 2 saturated heterocycles. The molecule has 3 rings (SSSR count). The number of nitrogens with one attached hydrogen (secondary N) is 2. The molecule has 124 valence electrons. The second-order valence-corrected chi connectivity index (χ2v) is 6.93. The number of amides is 4. The van der Waals surface area contributed by atoms with Crippen molar-refractivity contribution in [2.45, 2.75) is 31.7 Å². The zero-order valence-corrected chi connectivity index (χ0v) is 13.6. The minimum atomic E-state index is -0.762. The van der Waals surface area contributed by atoms with Gasteiger partial charge in [0.05, 0.1) is 0 Å². The molecule has 0 aromatic carbocycles. The summed E-state index contributed by atoms with van der Waals surface area (Å²) in [6.45, 7) is 1.78. The van der Waals surface area contributed by atoms with E-state index in [-0.39, 0.29) is 24.8 Å². The molecular weight excluding hydrogens is 320 g/mol. The summed E-state index contributed by atoms with van der Waals surface area (Å²) in [7, 11) is 0. The number of hydrogen-bond donors (Lipinski definition) is 2. The Labute approximate surface area is 137 Å². The van der Waals surface area contributed by atoms with Crippen molar-refractivity contribution in [1.29, 1.82) is 0 Å². The van der Waals surface area contributed by atoms with Gasteiger partial charge in [-0.2, -0.15) is 11.8 Å². The largest absolute Gasteiger partial charge is 0.360 e. The number of aryl methyl sites for hydroxylation is 1. The predicted molar refractivity (Wildman–Crippen MR) is 84.0 cm³/mol. The van der Waals surface area contributed by atoms with Gasteiger partial charge in [0.2, 0.25) is 5.91 Å². The Morgan fingerprint density at radius 3 is 2.87 bits per heavy atom. The van der Waals surface area contributed by atoms with Crippen LogP contribution in [0.2, 0.25) is 0 Å². The summed E-state index contributed by atoms with van der Waals surface area (Å²) < 4.78 is 4.86. The number of carbonyl (C=O) groups is 3. The molecule has 3 heterocycles. The van der Waals surface area contributed by atoms with E-state index in [0.29, 0.717) is 24.4 Å². The van der Waals surface area contributed by atoms with E-state index in [9.17, 15) is 14.4 Å². The molecule has 4 amide bonds. The van der Waals surface area contributed by atoms with Gasteiger partial charge in [-0.25, -0.2) is 4.79 Å². The average molecular weight is 338 g/mol. The summed E-state index contributed by atoms with van der Waals surface area (Å²) in [4.78, 5) is 37.6. The molecule has 0 unspecified atom stereocenters. The lowest BCUT2D eigenvalue weighted by Gasteiger charge is -2.30. The molecule has 0 bridgehead atoms. The van der Waals surface area contributed by atoms with Crippen LogP contribution in [0.3, 0.4) is 0 Å². The molecule has 2 fully saturated rings. The van der Waals surface area contributed by atoms with Crippen molar-refractivity contribution >= 4 is 35.4 Å². The number of thioether (sulfide) groups is 1. The first kappa shape index (κ1) is 15.9. The van der Waals surface area contributed by atoms with Crippen molar-refractivity contribution in [3.8, 4) is 0 Å². The fourth-order valence-corrected chi connectivity index (χ4v) is 3.97. The van der Waals surface area contributed by atoms with Crippen LogP contribution in [0.25, 0.3) is 0 Å². The molecule has 0 saturated carbocycles. The highest BCUT2D eigenvalue weighted by molar-refractivity contribution is 7.99. The minimum Gasteiger partial charge on any atom is -0.360 e. The average Bonchev–Trinajstić information content (AvgIpc) is 3.01. The summed E-state index contributed by atoms with van der Waals surface area (Å²) in [6.07, 6.45) is 1.31. The maximum absolute atomic E-state index is 12.5. The second kappa shape index (κ2) is 6.23. The molecule has 0 radical (unpaired) electrons. The highest BCUT2D eigenvalue weighted by Crippen LogP contribution is 2.32. The molecule has 0 atom stereocenters. The normalized spacial score (nSPS) is 20.0. The Morgan fingerprint density at radius 1 is 1.48 bits per heavy atom. The molecular formula is C14H18N4O4S. The van der Waals surface area contributed by atoms with E-state index in [4.69, 9.17) is 4.52 Å². The van der Waals surface area contributed by atoms with Crippen LogP contribution < -0.4 is 10.6 Å². The number of aromatic nitrogens is 1. The smallest absolute Gasteiger partial charge is 0.325 e. The van der Waals surface area contributed by atoms with Gasteiger partial charge >= 0.3 is 6.03 Å². The predicted octanol–water partition coefficient (Wildman–Crippen LogP) is 1.13. The van der Waals surface area contributed by atoms with Gasteiger partial charge in [0, 0.05) is 19.0 Å². The van der Waals surface area contributed by atoms with Crippen molar-refractivity contribution in [2.75, 3.05) is 23.4 Å². The summed E-state index contributed by atoms with van der Waals surface area (Å²) in [5, 5.41) is 9.05. The van der Waals surface area contributed by atoms with E-state index in [1.165, 1.54) is 0 Å². The maximum atomic E-state index is 12.5. The van der Waals surface area contributed by atoms with Crippen LogP contribution in [0.5, 0.6) is 0 Å². The number of rotatable bonds is 4. The van der Waals surface area contributed by atoms with E-state index >= 15 is 0 Å². The standard InChI is InChI=1S/C14H18N4O4S/c1-9-8-10(17-22-9)15-11(19)2-5-18-12(20)14(16-13(18)21)3-6-23-7-4-14/h8H,2-7H2,1H3,(H,16,21)(H,15,17,19). The van der Waals surface area contributed by atoms with Crippen molar-refractivity contribution in [3.05, 3.63) is 11.8 Å². The lowest BCUT2D eigenvalue weighted by molar-refractivity contribution is -0.131. The Morgan fingerprint density at radius 2 is 2.22 bits per heavy atom. The van der Waals surface area contributed by atoms with Crippen molar-refractivity contribution < 1.29 is 18.9 Å². The van der Waals surface area contributed by atoms with Gasteiger partial charge in [-0.1, -0.05) is 5.16 Å². The first-order chi connectivity index (χ1) is 11.0. The van der Waals surface area contributed by atoms with Crippen LogP contribution >= 0.6 is 11.8 Å². The van der Waals surface area contributed by atoms with Crippen LogP contribution in [0.15, 0.2) is 10.6 Å². The lowest BCUT2D eigenvalue weighted by atomic mass is 9.92. The first-order valence-electron chi connectivity index (χ1n) is 7.45. The third-order valence-electron chi connectivity index (χ3n) is 4.05. The molecule has 2 aliphatic rings. The van der Waals surface area contributed by atoms with Crippen LogP contribution in [0, 0.1) is 6.92 Å². The molecule has 1 aromatic heterocycles. The fourth-order valence-electron chi connectivity index (χ4n) is 2.78. The van der Waals surface area contributed by atoms with Crippen molar-refractivity contribution in [2.24, 2.45) is 0 Å². The number of hydrogen-bond acceptors (Lipinski definition) is 6. The quantitative estimate of drug-likeness (QED) is 0.798. The zero-order chi connectivity index (χ0) is 16.4. The zero-order valence-electron chi connectivity index (χ0n) is 12.8. The number of imide groups is 1. The SMILES string of the molecule is Cc1cc(NC(=O)CCN2C(=O)NC3(CCSCC3)C2=O)no1. The van der Waals surface area contributed by atoms with E-state index in [1.807, 2.05) is 0 Å². The van der Waals surface area contributed by atoms with Gasteiger partial charge in [0.25, 0.3) is 5.91 Å². The van der Waals surface area contributed by atoms with Gasteiger partial charge in [-0.15, -0.1) is 0 Å². The topological polar surface area (TPSA) is 105 Å². The Bertz CT molecular complexity index is 638. The van der Waals surface area contributed by atoms with Gasteiger partial charge in [0.1, 0.15) is 11.3 Å². The van der Waals surface area contributed by atoms with Crippen molar-refractivity contribution in [1.82, 2.24) is 15.4 Å². The third-order valence-corrected chi connectivity index (χ3v) is 5.04. The van der Waals surface area contributed by atoms with E-state index in [2.05, 4.69) is 15.8 Å². The second-order valence-electron chi connectivity index (χ2n) is 5.70. The highest BCUT2D eigenvalue weighted by atomic mass is 32.2. The highest BCUT2D eigenvalue weighted by Gasteiger charge is 2.51. The number of carbonyl (C=O) groups excluding carboxylic acids is 3. The fraction of sp³-hybridized carbons (Fsp3) is 0.571. The number of anilines is 1. The number of nitrogens with zero attached hydrogens (tertiary/aromatic N) is 2. The van der Waals surface area contributed by atoms with Gasteiger partial charge in [-0.3, -0.25) is 14.5 Å². The molecule has 0 aliphatic carbocycles. The summed E-state index contributed by atoms with van der Waals surface area (Å²) in [5.41, 5.74) is -0.762. The maximum Gasteiger partial charge on any atom is 0.325 e. The summed E-state index contributed by atoms with van der Waals surface area (Å²) in [6, 6.07) is 1.19. The lowest BCUT2D eigenvalue weighted by Crippen LogP contribution is -2.49. The Balaban J connectivity index is 1.56. The van der Waals surface area contributed by atoms with E-state index in [0.717, 1.165) is 16.4 Å².